The fourth-order valence-corrected chi connectivity index (χ4v) is 4.26. The van der Waals surface area contributed by atoms with Crippen LogP contribution in [0.4, 0.5) is 0 Å². The maximum atomic E-state index is 6.17. The molecule has 0 aromatic heterocycles. The summed E-state index contributed by atoms with van der Waals surface area (Å²) >= 11 is 0. The molecule has 3 aliphatic rings. The standard InChI is InChI=1S/C22H34N4O2.HI/c1-23-22(26-10-9-18(17-26)16-25-11-13-27-14-12-25)24-15-19-5-2-3-8-21(19)28-20-6-4-7-20;/h2-3,5,8,18,20H,4,6-7,9-17H2,1H3,(H,23,24);1H. The van der Waals surface area contributed by atoms with E-state index in [1.165, 1.54) is 37.8 Å². The highest BCUT2D eigenvalue weighted by molar-refractivity contribution is 14.0. The number of morpholine rings is 1. The van der Waals surface area contributed by atoms with Crippen molar-refractivity contribution in [2.75, 3.05) is 53.0 Å². The molecule has 29 heavy (non-hydrogen) atoms. The van der Waals surface area contributed by atoms with Gasteiger partial charge >= 0.3 is 0 Å². The quantitative estimate of drug-likeness (QED) is 0.360. The van der Waals surface area contributed by atoms with Crippen LogP contribution in [0.2, 0.25) is 0 Å². The van der Waals surface area contributed by atoms with Crippen LogP contribution in [0.15, 0.2) is 29.3 Å². The minimum atomic E-state index is 0. The molecule has 7 heteroatoms. The van der Waals surface area contributed by atoms with Gasteiger partial charge in [-0.1, -0.05) is 18.2 Å². The highest BCUT2D eigenvalue weighted by Crippen LogP contribution is 2.27. The molecule has 2 aliphatic heterocycles. The molecule has 1 aromatic rings. The van der Waals surface area contributed by atoms with E-state index in [0.717, 1.165) is 57.6 Å². The number of rotatable bonds is 6. The highest BCUT2D eigenvalue weighted by Gasteiger charge is 2.27. The van der Waals surface area contributed by atoms with Crippen molar-refractivity contribution in [3.05, 3.63) is 29.8 Å². The summed E-state index contributed by atoms with van der Waals surface area (Å²) in [6.07, 6.45) is 5.29. The smallest absolute Gasteiger partial charge is 0.193 e. The predicted molar refractivity (Wildman–Crippen MR) is 127 cm³/mol. The Morgan fingerprint density at radius 2 is 1.97 bits per heavy atom. The van der Waals surface area contributed by atoms with E-state index in [4.69, 9.17) is 9.47 Å². The van der Waals surface area contributed by atoms with Gasteiger partial charge in [-0.2, -0.15) is 0 Å². The van der Waals surface area contributed by atoms with Gasteiger partial charge in [-0.3, -0.25) is 9.89 Å². The van der Waals surface area contributed by atoms with Gasteiger partial charge in [0, 0.05) is 51.9 Å². The first-order chi connectivity index (χ1) is 13.8. The lowest BCUT2D eigenvalue weighted by molar-refractivity contribution is 0.0315. The molecule has 1 saturated carbocycles. The molecule has 2 heterocycles. The molecule has 1 unspecified atom stereocenters. The first-order valence-corrected chi connectivity index (χ1v) is 10.8. The Bertz CT molecular complexity index is 662. The van der Waals surface area contributed by atoms with E-state index < -0.39 is 0 Å². The summed E-state index contributed by atoms with van der Waals surface area (Å²) < 4.78 is 11.6. The summed E-state index contributed by atoms with van der Waals surface area (Å²) in [4.78, 5) is 9.49. The van der Waals surface area contributed by atoms with Crippen molar-refractivity contribution in [3.63, 3.8) is 0 Å². The Hall–Kier alpha value is -1.06. The lowest BCUT2D eigenvalue weighted by Crippen LogP contribution is -2.42. The van der Waals surface area contributed by atoms with Gasteiger partial charge in [0.25, 0.3) is 0 Å². The Balaban J connectivity index is 0.00000240. The summed E-state index contributed by atoms with van der Waals surface area (Å²) in [6, 6.07) is 8.39. The molecule has 6 nitrogen and oxygen atoms in total. The Kier molecular flexibility index (Phi) is 8.86. The van der Waals surface area contributed by atoms with E-state index >= 15 is 0 Å². The zero-order valence-electron chi connectivity index (χ0n) is 17.5. The van der Waals surface area contributed by atoms with Crippen LogP contribution in [0.5, 0.6) is 5.75 Å². The topological polar surface area (TPSA) is 49.3 Å². The zero-order valence-corrected chi connectivity index (χ0v) is 19.8. The zero-order chi connectivity index (χ0) is 19.2. The van der Waals surface area contributed by atoms with Crippen molar-refractivity contribution in [1.82, 2.24) is 15.1 Å². The highest BCUT2D eigenvalue weighted by atomic mass is 127. The number of nitrogens with one attached hydrogen (secondary N) is 1. The fraction of sp³-hybridized carbons (Fsp3) is 0.682. The van der Waals surface area contributed by atoms with Gasteiger partial charge in [-0.15, -0.1) is 24.0 Å². The fourth-order valence-electron chi connectivity index (χ4n) is 4.26. The second-order valence-electron chi connectivity index (χ2n) is 8.19. The van der Waals surface area contributed by atoms with E-state index in [0.29, 0.717) is 12.0 Å². The van der Waals surface area contributed by atoms with Crippen LogP contribution in [0.1, 0.15) is 31.2 Å². The third kappa shape index (κ3) is 6.21. The van der Waals surface area contributed by atoms with Crippen molar-refractivity contribution in [2.45, 2.75) is 38.3 Å². The van der Waals surface area contributed by atoms with E-state index in [1.54, 1.807) is 0 Å². The SMILES string of the molecule is CN=C(NCc1ccccc1OC1CCC1)N1CCC(CN2CCOCC2)C1.I. The molecule has 0 amide bonds. The summed E-state index contributed by atoms with van der Waals surface area (Å²) in [7, 11) is 1.88. The molecule has 0 spiro atoms. The number of para-hydroxylation sites is 1. The van der Waals surface area contributed by atoms with Crippen molar-refractivity contribution in [1.29, 1.82) is 0 Å². The van der Waals surface area contributed by atoms with E-state index in [2.05, 4.69) is 44.4 Å². The number of hydrogen-bond acceptors (Lipinski definition) is 4. The first-order valence-electron chi connectivity index (χ1n) is 10.8. The van der Waals surface area contributed by atoms with Gasteiger partial charge < -0.3 is 19.7 Å². The summed E-state index contributed by atoms with van der Waals surface area (Å²) in [5, 5.41) is 3.56. The molecule has 0 radical (unpaired) electrons. The summed E-state index contributed by atoms with van der Waals surface area (Å²) in [5.74, 6) is 2.73. The van der Waals surface area contributed by atoms with E-state index in [-0.39, 0.29) is 24.0 Å². The van der Waals surface area contributed by atoms with Crippen molar-refractivity contribution >= 4 is 29.9 Å². The molecule has 1 atom stereocenters. The number of guanidine groups is 1. The van der Waals surface area contributed by atoms with E-state index in [1.807, 2.05) is 7.05 Å². The Morgan fingerprint density at radius 3 is 2.69 bits per heavy atom. The van der Waals surface area contributed by atoms with Crippen molar-refractivity contribution < 1.29 is 9.47 Å². The monoisotopic (exact) mass is 514 g/mol. The van der Waals surface area contributed by atoms with Crippen molar-refractivity contribution in [3.8, 4) is 5.75 Å². The molecule has 1 aliphatic carbocycles. The third-order valence-corrected chi connectivity index (χ3v) is 6.17. The number of likely N-dealkylation sites (tertiary alicyclic amines) is 1. The molecule has 3 fully saturated rings. The summed E-state index contributed by atoms with van der Waals surface area (Å²) in [5.41, 5.74) is 1.21. The number of hydrogen-bond donors (Lipinski definition) is 1. The Morgan fingerprint density at radius 1 is 1.17 bits per heavy atom. The van der Waals surface area contributed by atoms with Gasteiger partial charge in [0.2, 0.25) is 0 Å². The molecule has 2 saturated heterocycles. The van der Waals surface area contributed by atoms with Crippen LogP contribution in [0.25, 0.3) is 0 Å². The van der Waals surface area contributed by atoms with Crippen LogP contribution >= 0.6 is 24.0 Å². The van der Waals surface area contributed by atoms with Crippen LogP contribution < -0.4 is 10.1 Å². The molecule has 4 rings (SSSR count). The van der Waals surface area contributed by atoms with Gasteiger partial charge in [0.05, 0.1) is 19.3 Å². The average Bonchev–Trinajstić information content (AvgIpc) is 3.15. The van der Waals surface area contributed by atoms with Crippen LogP contribution in [0, 0.1) is 5.92 Å². The molecule has 0 bridgehead atoms. The number of nitrogens with zero attached hydrogens (tertiary/aromatic N) is 3. The predicted octanol–water partition coefficient (Wildman–Crippen LogP) is 2.97. The maximum Gasteiger partial charge on any atom is 0.193 e. The summed E-state index contributed by atoms with van der Waals surface area (Å²) in [6.45, 7) is 7.98. The molecular formula is C22H35IN4O2. The first kappa shape index (κ1) is 22.6. The molecule has 1 N–H and O–H groups in total. The maximum absolute atomic E-state index is 6.17. The second kappa shape index (κ2) is 11.4. The van der Waals surface area contributed by atoms with Gasteiger partial charge in [-0.05, 0) is 37.7 Å². The van der Waals surface area contributed by atoms with Gasteiger partial charge in [0.1, 0.15) is 5.75 Å². The van der Waals surface area contributed by atoms with Gasteiger partial charge in [-0.25, -0.2) is 0 Å². The largest absolute Gasteiger partial charge is 0.490 e. The lowest BCUT2D eigenvalue weighted by Gasteiger charge is -2.29. The van der Waals surface area contributed by atoms with E-state index in [9.17, 15) is 0 Å². The van der Waals surface area contributed by atoms with Crippen LogP contribution in [-0.2, 0) is 11.3 Å². The molecular weight excluding hydrogens is 479 g/mol. The Labute approximate surface area is 192 Å². The molecule has 162 valence electrons. The number of ether oxygens (including phenoxy) is 2. The van der Waals surface area contributed by atoms with Gasteiger partial charge in [0.15, 0.2) is 5.96 Å². The second-order valence-corrected chi connectivity index (χ2v) is 8.19. The number of halogens is 1. The lowest BCUT2D eigenvalue weighted by atomic mass is 9.96. The third-order valence-electron chi connectivity index (χ3n) is 6.17. The number of aliphatic imine (C=N–C) groups is 1. The van der Waals surface area contributed by atoms with Crippen molar-refractivity contribution in [2.24, 2.45) is 10.9 Å². The number of benzene rings is 1. The minimum absolute atomic E-state index is 0. The normalized spacial score (nSPS) is 23.4. The van der Waals surface area contributed by atoms with Crippen LogP contribution in [0.3, 0.4) is 0 Å². The molecule has 1 aromatic carbocycles. The van der Waals surface area contributed by atoms with Crippen LogP contribution in [-0.4, -0.2) is 74.8 Å². The average molecular weight is 514 g/mol. The minimum Gasteiger partial charge on any atom is -0.490 e.